The van der Waals surface area contributed by atoms with E-state index in [0.29, 0.717) is 5.88 Å². The van der Waals surface area contributed by atoms with Crippen LogP contribution >= 0.6 is 22.9 Å². The fourth-order valence-corrected chi connectivity index (χ4v) is 3.31. The maximum Gasteiger partial charge on any atom is 0.152 e. The number of nitrogens with zero attached hydrogens (tertiary/aromatic N) is 4. The number of rotatable bonds is 4. The van der Waals surface area contributed by atoms with Crippen molar-refractivity contribution < 1.29 is 0 Å². The van der Waals surface area contributed by atoms with E-state index in [4.69, 9.17) is 11.6 Å². The molecule has 0 unspecified atom stereocenters. The average molecular weight is 307 g/mol. The second-order valence-electron chi connectivity index (χ2n) is 4.66. The summed E-state index contributed by atoms with van der Waals surface area (Å²) in [7, 11) is 2.04. The number of thiazole rings is 1. The number of hydrogen-bond acceptors (Lipinski definition) is 4. The minimum Gasteiger partial charge on any atom is -0.353 e. The molecule has 0 saturated heterocycles. The summed E-state index contributed by atoms with van der Waals surface area (Å²) in [6.07, 6.45) is 2.00. The summed E-state index contributed by atoms with van der Waals surface area (Å²) >= 11 is 7.78. The van der Waals surface area contributed by atoms with Gasteiger partial charge in [0, 0.05) is 18.1 Å². The monoisotopic (exact) mass is 306 g/mol. The molecule has 0 bridgehead atoms. The first kappa shape index (κ1) is 13.4. The first-order valence-corrected chi connectivity index (χ1v) is 7.74. The molecule has 3 aromatic heterocycles. The summed E-state index contributed by atoms with van der Waals surface area (Å²) in [5.74, 6) is 1.37. The Hall–Kier alpha value is -1.59. The molecule has 0 aliphatic rings. The lowest BCUT2D eigenvalue weighted by Crippen LogP contribution is -2.18. The molecule has 0 saturated carbocycles. The SMILES string of the molecule is Cc1ncsc1CN(C)c1nc2ccccn2c1CCl. The number of halogens is 1. The van der Waals surface area contributed by atoms with E-state index in [-0.39, 0.29) is 0 Å². The number of pyridine rings is 1. The van der Waals surface area contributed by atoms with Crippen LogP contribution in [0.1, 0.15) is 16.3 Å². The third-order valence-electron chi connectivity index (χ3n) is 3.32. The summed E-state index contributed by atoms with van der Waals surface area (Å²) < 4.78 is 2.04. The standard InChI is InChI=1S/C14H15ClN4S/c1-10-12(20-9-16-10)8-18(2)14-11(7-15)19-6-4-3-5-13(19)17-14/h3-6,9H,7-8H2,1-2H3. The van der Waals surface area contributed by atoms with Crippen molar-refractivity contribution in [1.82, 2.24) is 14.4 Å². The molecule has 0 N–H and O–H groups in total. The van der Waals surface area contributed by atoms with Crippen LogP contribution in [0.25, 0.3) is 5.65 Å². The highest BCUT2D eigenvalue weighted by atomic mass is 35.5. The van der Waals surface area contributed by atoms with Crippen molar-refractivity contribution in [3.63, 3.8) is 0 Å². The molecule has 0 spiro atoms. The van der Waals surface area contributed by atoms with Crippen LogP contribution in [0.4, 0.5) is 5.82 Å². The van der Waals surface area contributed by atoms with E-state index in [2.05, 4.69) is 14.9 Å². The molecule has 0 fully saturated rings. The number of fused-ring (bicyclic) bond motifs is 1. The van der Waals surface area contributed by atoms with E-state index in [1.807, 2.05) is 48.3 Å². The van der Waals surface area contributed by atoms with Crippen molar-refractivity contribution in [1.29, 1.82) is 0 Å². The minimum absolute atomic E-state index is 0.437. The Morgan fingerprint density at radius 1 is 1.40 bits per heavy atom. The Morgan fingerprint density at radius 3 is 2.95 bits per heavy atom. The Labute approximate surface area is 126 Å². The number of hydrogen-bond donors (Lipinski definition) is 0. The molecule has 6 heteroatoms. The van der Waals surface area contributed by atoms with E-state index in [9.17, 15) is 0 Å². The topological polar surface area (TPSA) is 33.4 Å². The van der Waals surface area contributed by atoms with E-state index >= 15 is 0 Å². The maximum absolute atomic E-state index is 6.11. The lowest BCUT2D eigenvalue weighted by molar-refractivity contribution is 0.897. The van der Waals surface area contributed by atoms with Crippen molar-refractivity contribution in [2.45, 2.75) is 19.3 Å². The van der Waals surface area contributed by atoms with Gasteiger partial charge < -0.3 is 9.30 Å². The fourth-order valence-electron chi connectivity index (χ4n) is 2.23. The summed E-state index contributed by atoms with van der Waals surface area (Å²) in [6, 6.07) is 5.96. The van der Waals surface area contributed by atoms with Gasteiger partial charge in [0.15, 0.2) is 5.82 Å². The van der Waals surface area contributed by atoms with Gasteiger partial charge in [0.1, 0.15) is 5.65 Å². The van der Waals surface area contributed by atoms with Gasteiger partial charge in [-0.05, 0) is 19.1 Å². The van der Waals surface area contributed by atoms with Crippen LogP contribution in [0.5, 0.6) is 0 Å². The Bertz CT molecular complexity index is 734. The van der Waals surface area contributed by atoms with E-state index < -0.39 is 0 Å². The van der Waals surface area contributed by atoms with Crippen LogP contribution in [0.15, 0.2) is 29.9 Å². The third kappa shape index (κ3) is 2.27. The zero-order valence-electron chi connectivity index (χ0n) is 11.4. The summed E-state index contributed by atoms with van der Waals surface area (Å²) in [5.41, 5.74) is 4.90. The highest BCUT2D eigenvalue weighted by Gasteiger charge is 2.16. The summed E-state index contributed by atoms with van der Waals surface area (Å²) in [6.45, 7) is 2.83. The molecule has 0 aromatic carbocycles. The number of imidazole rings is 1. The van der Waals surface area contributed by atoms with Crippen LogP contribution in [0, 0.1) is 6.92 Å². The molecule has 3 aromatic rings. The Morgan fingerprint density at radius 2 is 2.25 bits per heavy atom. The van der Waals surface area contributed by atoms with Crippen LogP contribution in [0.2, 0.25) is 0 Å². The number of anilines is 1. The van der Waals surface area contributed by atoms with E-state index in [0.717, 1.165) is 29.4 Å². The zero-order chi connectivity index (χ0) is 14.1. The quantitative estimate of drug-likeness (QED) is 0.692. The Balaban J connectivity index is 1.98. The van der Waals surface area contributed by atoms with Crippen molar-refractivity contribution in [3.8, 4) is 0 Å². The van der Waals surface area contributed by atoms with Gasteiger partial charge in [-0.3, -0.25) is 0 Å². The fraction of sp³-hybridized carbons (Fsp3) is 0.286. The third-order valence-corrected chi connectivity index (χ3v) is 4.49. The van der Waals surface area contributed by atoms with Crippen molar-refractivity contribution >= 4 is 34.4 Å². The number of aromatic nitrogens is 3. The van der Waals surface area contributed by atoms with Gasteiger partial charge in [-0.2, -0.15) is 0 Å². The van der Waals surface area contributed by atoms with Gasteiger partial charge in [-0.15, -0.1) is 22.9 Å². The molecule has 0 radical (unpaired) electrons. The predicted molar refractivity (Wildman–Crippen MR) is 83.7 cm³/mol. The van der Waals surface area contributed by atoms with Gasteiger partial charge >= 0.3 is 0 Å². The lowest BCUT2D eigenvalue weighted by atomic mass is 10.3. The zero-order valence-corrected chi connectivity index (χ0v) is 12.9. The minimum atomic E-state index is 0.437. The molecule has 0 aliphatic heterocycles. The van der Waals surface area contributed by atoms with Crippen molar-refractivity contribution in [2.75, 3.05) is 11.9 Å². The smallest absolute Gasteiger partial charge is 0.152 e. The molecular formula is C14H15ClN4S. The van der Waals surface area contributed by atoms with Crippen molar-refractivity contribution in [3.05, 3.63) is 46.2 Å². The molecule has 3 heterocycles. The highest BCUT2D eigenvalue weighted by molar-refractivity contribution is 7.09. The first-order valence-electron chi connectivity index (χ1n) is 6.32. The second-order valence-corrected chi connectivity index (χ2v) is 5.87. The molecule has 4 nitrogen and oxygen atoms in total. The lowest BCUT2D eigenvalue weighted by Gasteiger charge is -2.17. The molecule has 20 heavy (non-hydrogen) atoms. The maximum atomic E-state index is 6.11. The van der Waals surface area contributed by atoms with E-state index in [1.165, 1.54) is 4.88 Å². The normalized spacial score (nSPS) is 11.2. The predicted octanol–water partition coefficient (Wildman–Crippen LogP) is 3.47. The highest BCUT2D eigenvalue weighted by Crippen LogP contribution is 2.25. The molecule has 0 aliphatic carbocycles. The van der Waals surface area contributed by atoms with Crippen LogP contribution < -0.4 is 4.90 Å². The molecule has 0 atom stereocenters. The molecule has 0 amide bonds. The molecular weight excluding hydrogens is 292 g/mol. The van der Waals surface area contributed by atoms with Gasteiger partial charge in [-0.1, -0.05) is 6.07 Å². The summed E-state index contributed by atoms with van der Waals surface area (Å²) in [4.78, 5) is 12.4. The van der Waals surface area contributed by atoms with Crippen LogP contribution in [-0.2, 0) is 12.4 Å². The average Bonchev–Trinajstić information content (AvgIpc) is 3.02. The number of aryl methyl sites for hydroxylation is 1. The van der Waals surface area contributed by atoms with Gasteiger partial charge in [-0.25, -0.2) is 9.97 Å². The first-order chi connectivity index (χ1) is 9.70. The Kier molecular flexibility index (Phi) is 3.63. The molecule has 3 rings (SSSR count). The van der Waals surface area contributed by atoms with Gasteiger partial charge in [0.2, 0.25) is 0 Å². The number of alkyl halides is 1. The largest absolute Gasteiger partial charge is 0.353 e. The van der Waals surface area contributed by atoms with Crippen molar-refractivity contribution in [2.24, 2.45) is 0 Å². The second kappa shape index (κ2) is 5.42. The van der Waals surface area contributed by atoms with Gasteiger partial charge in [0.05, 0.1) is 29.3 Å². The summed E-state index contributed by atoms with van der Waals surface area (Å²) in [5, 5.41) is 0. The van der Waals surface area contributed by atoms with E-state index in [1.54, 1.807) is 11.3 Å². The van der Waals surface area contributed by atoms with Gasteiger partial charge in [0.25, 0.3) is 0 Å². The van der Waals surface area contributed by atoms with Crippen LogP contribution in [0.3, 0.4) is 0 Å². The van der Waals surface area contributed by atoms with Crippen LogP contribution in [-0.4, -0.2) is 21.4 Å². The molecule has 104 valence electrons.